The summed E-state index contributed by atoms with van der Waals surface area (Å²) in [5.74, 6) is -1.38. The molecule has 122 valence electrons. The molecule has 0 bridgehead atoms. The number of carbonyl (C=O) groups is 1. The first-order valence-corrected chi connectivity index (χ1v) is 7.53. The van der Waals surface area contributed by atoms with Gasteiger partial charge in [-0.2, -0.15) is 0 Å². The van der Waals surface area contributed by atoms with Crippen LogP contribution in [0.25, 0.3) is 5.69 Å². The molecule has 0 spiro atoms. The first-order valence-electron chi connectivity index (χ1n) is 7.53. The number of anilines is 1. The summed E-state index contributed by atoms with van der Waals surface area (Å²) in [6.45, 7) is 6.06. The van der Waals surface area contributed by atoms with Crippen molar-refractivity contribution < 1.29 is 14.3 Å². The molecule has 8 heteroatoms. The minimum atomic E-state index is -1.17. The minimum absolute atomic E-state index is 0.133. The Morgan fingerprint density at radius 2 is 1.91 bits per heavy atom. The third kappa shape index (κ3) is 3.02. The van der Waals surface area contributed by atoms with Crippen LogP contribution in [0.5, 0.6) is 0 Å². The van der Waals surface area contributed by atoms with Gasteiger partial charge < -0.3 is 14.9 Å². The highest BCUT2D eigenvalue weighted by Gasteiger charge is 2.26. The molecule has 1 saturated heterocycles. The lowest BCUT2D eigenvalue weighted by molar-refractivity contribution is 0.0690. The molecule has 1 aliphatic rings. The number of likely N-dealkylation sites (N-methyl/N-ethyl adjacent to an activating group) is 1. The van der Waals surface area contributed by atoms with Crippen LogP contribution in [0.4, 0.5) is 10.2 Å². The zero-order valence-corrected chi connectivity index (χ0v) is 12.8. The summed E-state index contributed by atoms with van der Waals surface area (Å²) >= 11 is 0. The van der Waals surface area contributed by atoms with E-state index in [2.05, 4.69) is 22.0 Å². The van der Waals surface area contributed by atoms with Gasteiger partial charge in [0.05, 0.1) is 0 Å². The molecule has 3 rings (SSSR count). The van der Waals surface area contributed by atoms with Crippen LogP contribution in [0.15, 0.2) is 24.3 Å². The standard InChI is InChI=1S/C15H18FN5O2/c1-2-19-7-9-20(10-8-19)14-13(15(22)23)17-21(18-14)12-6-4-3-5-11(12)16/h3-6H,2,7-10H2,1H3,(H,22,23). The summed E-state index contributed by atoms with van der Waals surface area (Å²) in [6.07, 6.45) is 0. The van der Waals surface area contributed by atoms with Crippen molar-refractivity contribution in [3.8, 4) is 5.69 Å². The monoisotopic (exact) mass is 319 g/mol. The maximum atomic E-state index is 13.9. The average Bonchev–Trinajstić information content (AvgIpc) is 3.01. The fourth-order valence-electron chi connectivity index (χ4n) is 2.65. The lowest BCUT2D eigenvalue weighted by Gasteiger charge is -2.34. The van der Waals surface area contributed by atoms with Gasteiger partial charge in [-0.25, -0.2) is 9.18 Å². The summed E-state index contributed by atoms with van der Waals surface area (Å²) in [7, 11) is 0. The van der Waals surface area contributed by atoms with Crippen LogP contribution in [-0.2, 0) is 0 Å². The SMILES string of the molecule is CCN1CCN(c2nn(-c3ccccc3F)nc2C(=O)O)CC1. The van der Waals surface area contributed by atoms with Gasteiger partial charge in [0.15, 0.2) is 11.6 Å². The Labute approximate surface area is 132 Å². The van der Waals surface area contributed by atoms with Gasteiger partial charge in [0.1, 0.15) is 5.69 Å². The highest BCUT2D eigenvalue weighted by molar-refractivity contribution is 5.91. The molecule has 1 aromatic carbocycles. The number of hydrogen-bond donors (Lipinski definition) is 1. The van der Waals surface area contributed by atoms with Crippen molar-refractivity contribution in [2.75, 3.05) is 37.6 Å². The van der Waals surface area contributed by atoms with Crippen molar-refractivity contribution >= 4 is 11.8 Å². The van der Waals surface area contributed by atoms with Gasteiger partial charge in [0.2, 0.25) is 5.69 Å². The second-order valence-electron chi connectivity index (χ2n) is 5.34. The van der Waals surface area contributed by atoms with E-state index in [9.17, 15) is 14.3 Å². The molecule has 1 aromatic heterocycles. The molecule has 2 aromatic rings. The second kappa shape index (κ2) is 6.33. The Bertz CT molecular complexity index is 710. The fraction of sp³-hybridized carbons (Fsp3) is 0.400. The number of aromatic carboxylic acids is 1. The predicted octanol–water partition coefficient (Wildman–Crippen LogP) is 1.25. The third-order valence-corrected chi connectivity index (χ3v) is 3.99. The molecule has 1 fully saturated rings. The smallest absolute Gasteiger partial charge is 0.360 e. The lowest BCUT2D eigenvalue weighted by Crippen LogP contribution is -2.46. The Hall–Kier alpha value is -2.48. The molecule has 0 unspecified atom stereocenters. The van der Waals surface area contributed by atoms with Gasteiger partial charge in [0, 0.05) is 26.2 Å². The molecule has 0 saturated carbocycles. The molecule has 0 atom stereocenters. The van der Waals surface area contributed by atoms with Crippen molar-refractivity contribution in [1.29, 1.82) is 0 Å². The van der Waals surface area contributed by atoms with Crippen molar-refractivity contribution in [3.05, 3.63) is 35.8 Å². The van der Waals surface area contributed by atoms with Crippen LogP contribution in [0, 0.1) is 5.82 Å². The van der Waals surface area contributed by atoms with Gasteiger partial charge in [-0.05, 0) is 18.7 Å². The van der Waals surface area contributed by atoms with E-state index in [1.165, 1.54) is 12.1 Å². The van der Waals surface area contributed by atoms with Crippen molar-refractivity contribution in [2.45, 2.75) is 6.92 Å². The Morgan fingerprint density at radius 1 is 1.22 bits per heavy atom. The number of rotatable bonds is 4. The molecule has 1 N–H and O–H groups in total. The van der Waals surface area contributed by atoms with Crippen LogP contribution < -0.4 is 4.90 Å². The quantitative estimate of drug-likeness (QED) is 0.914. The number of piperazine rings is 1. The number of aromatic nitrogens is 3. The minimum Gasteiger partial charge on any atom is -0.476 e. The largest absolute Gasteiger partial charge is 0.476 e. The van der Waals surface area contributed by atoms with Gasteiger partial charge in [-0.15, -0.1) is 15.0 Å². The average molecular weight is 319 g/mol. The highest BCUT2D eigenvalue weighted by Crippen LogP contribution is 2.20. The Morgan fingerprint density at radius 3 is 2.52 bits per heavy atom. The molecule has 0 amide bonds. The number of benzene rings is 1. The normalized spacial score (nSPS) is 15.8. The molecular formula is C15H18FN5O2. The molecular weight excluding hydrogens is 301 g/mol. The number of carboxylic acids is 1. The predicted molar refractivity (Wildman–Crippen MR) is 82.6 cm³/mol. The maximum Gasteiger partial charge on any atom is 0.360 e. The van der Waals surface area contributed by atoms with Gasteiger partial charge in [0.25, 0.3) is 0 Å². The topological polar surface area (TPSA) is 74.5 Å². The van der Waals surface area contributed by atoms with E-state index in [4.69, 9.17) is 0 Å². The number of hydrogen-bond acceptors (Lipinski definition) is 5. The summed E-state index contributed by atoms with van der Waals surface area (Å²) in [5, 5.41) is 17.6. The number of nitrogens with zero attached hydrogens (tertiary/aromatic N) is 5. The van der Waals surface area contributed by atoms with E-state index >= 15 is 0 Å². The van der Waals surface area contributed by atoms with E-state index < -0.39 is 11.8 Å². The zero-order chi connectivity index (χ0) is 16.4. The van der Waals surface area contributed by atoms with E-state index in [1.807, 2.05) is 4.90 Å². The molecule has 0 aliphatic carbocycles. The van der Waals surface area contributed by atoms with E-state index in [1.54, 1.807) is 12.1 Å². The Kier molecular flexibility index (Phi) is 4.24. The lowest BCUT2D eigenvalue weighted by atomic mass is 10.3. The van der Waals surface area contributed by atoms with E-state index in [-0.39, 0.29) is 17.2 Å². The van der Waals surface area contributed by atoms with Gasteiger partial charge in [-0.1, -0.05) is 19.1 Å². The molecule has 23 heavy (non-hydrogen) atoms. The van der Waals surface area contributed by atoms with Crippen molar-refractivity contribution in [2.24, 2.45) is 0 Å². The maximum absolute atomic E-state index is 13.9. The fourth-order valence-corrected chi connectivity index (χ4v) is 2.65. The van der Waals surface area contributed by atoms with Gasteiger partial charge >= 0.3 is 5.97 Å². The van der Waals surface area contributed by atoms with E-state index in [0.717, 1.165) is 24.4 Å². The van der Waals surface area contributed by atoms with E-state index in [0.29, 0.717) is 13.1 Å². The van der Waals surface area contributed by atoms with Crippen LogP contribution in [0.2, 0.25) is 0 Å². The molecule has 2 heterocycles. The summed E-state index contributed by atoms with van der Waals surface area (Å²) in [6, 6.07) is 6.02. The third-order valence-electron chi connectivity index (χ3n) is 3.99. The van der Waals surface area contributed by atoms with Crippen molar-refractivity contribution in [3.63, 3.8) is 0 Å². The zero-order valence-electron chi connectivity index (χ0n) is 12.8. The van der Waals surface area contributed by atoms with Crippen molar-refractivity contribution in [1.82, 2.24) is 19.9 Å². The molecule has 7 nitrogen and oxygen atoms in total. The Balaban J connectivity index is 1.94. The molecule has 1 aliphatic heterocycles. The molecule has 0 radical (unpaired) electrons. The highest BCUT2D eigenvalue weighted by atomic mass is 19.1. The van der Waals surface area contributed by atoms with Crippen LogP contribution in [-0.4, -0.2) is 63.7 Å². The first kappa shape index (κ1) is 15.4. The van der Waals surface area contributed by atoms with Crippen LogP contribution >= 0.6 is 0 Å². The van der Waals surface area contributed by atoms with Crippen LogP contribution in [0.3, 0.4) is 0 Å². The number of carboxylic acid groups (broad SMARTS) is 1. The number of para-hydroxylation sites is 1. The van der Waals surface area contributed by atoms with Gasteiger partial charge in [-0.3, -0.25) is 0 Å². The summed E-state index contributed by atoms with van der Waals surface area (Å²) in [4.78, 5) is 16.7. The first-order chi connectivity index (χ1) is 11.1. The number of halogens is 1. The van der Waals surface area contributed by atoms with Crippen LogP contribution in [0.1, 0.15) is 17.4 Å². The second-order valence-corrected chi connectivity index (χ2v) is 5.34. The summed E-state index contributed by atoms with van der Waals surface area (Å²) in [5.41, 5.74) is -0.0216. The summed E-state index contributed by atoms with van der Waals surface area (Å²) < 4.78 is 13.9.